The van der Waals surface area contributed by atoms with E-state index < -0.39 is 0 Å². The van der Waals surface area contributed by atoms with Crippen LogP contribution in [0.5, 0.6) is 0 Å². The molecule has 1 fully saturated rings. The lowest BCUT2D eigenvalue weighted by Gasteiger charge is -2.32. The normalized spacial score (nSPS) is 23.6. The van der Waals surface area contributed by atoms with Crippen molar-refractivity contribution < 1.29 is 9.53 Å². The smallest absolute Gasteiger partial charge is 0.121 e. The minimum Gasteiger partial charge on any atom is -0.377 e. The standard InChI is InChI=1S/C11H21NO2/c1-2-9-14-11-5-3-6-12(10-11)7-4-8-13/h8,11H,2-7,9-10H2,1H3. The molecule has 1 atom stereocenters. The molecular weight excluding hydrogens is 178 g/mol. The number of nitrogens with zero attached hydrogens (tertiary/aromatic N) is 1. The van der Waals surface area contributed by atoms with E-state index in [1.807, 2.05) is 0 Å². The molecule has 1 aliphatic heterocycles. The minimum atomic E-state index is 0.398. The summed E-state index contributed by atoms with van der Waals surface area (Å²) in [6.45, 7) is 6.03. The van der Waals surface area contributed by atoms with Crippen molar-refractivity contribution in [3.05, 3.63) is 0 Å². The molecule has 3 nitrogen and oxygen atoms in total. The van der Waals surface area contributed by atoms with Crippen molar-refractivity contribution in [3.63, 3.8) is 0 Å². The van der Waals surface area contributed by atoms with Gasteiger partial charge >= 0.3 is 0 Å². The second kappa shape index (κ2) is 6.96. The van der Waals surface area contributed by atoms with Gasteiger partial charge in [-0.1, -0.05) is 6.92 Å². The predicted octanol–water partition coefficient (Wildman–Crippen LogP) is 1.47. The zero-order valence-electron chi connectivity index (χ0n) is 9.08. The number of likely N-dealkylation sites (tertiary alicyclic amines) is 1. The van der Waals surface area contributed by atoms with Crippen molar-refractivity contribution in [1.82, 2.24) is 4.90 Å². The third-order valence-electron chi connectivity index (χ3n) is 2.58. The summed E-state index contributed by atoms with van der Waals surface area (Å²) in [5.74, 6) is 0. The topological polar surface area (TPSA) is 29.5 Å². The van der Waals surface area contributed by atoms with Crippen molar-refractivity contribution in [1.29, 1.82) is 0 Å². The number of rotatable bonds is 6. The Hall–Kier alpha value is -0.410. The second-order valence-corrected chi connectivity index (χ2v) is 3.89. The van der Waals surface area contributed by atoms with Crippen LogP contribution in [0.15, 0.2) is 0 Å². The molecule has 0 radical (unpaired) electrons. The number of piperidine rings is 1. The molecular formula is C11H21NO2. The highest BCUT2D eigenvalue weighted by atomic mass is 16.5. The van der Waals surface area contributed by atoms with Gasteiger partial charge in [0.1, 0.15) is 6.29 Å². The first-order valence-corrected chi connectivity index (χ1v) is 5.64. The van der Waals surface area contributed by atoms with Crippen LogP contribution in [0.4, 0.5) is 0 Å². The van der Waals surface area contributed by atoms with Gasteiger partial charge in [0.2, 0.25) is 0 Å². The van der Waals surface area contributed by atoms with Crippen molar-refractivity contribution in [2.45, 2.75) is 38.7 Å². The molecule has 0 N–H and O–H groups in total. The molecule has 0 aliphatic carbocycles. The first-order chi connectivity index (χ1) is 6.86. The molecule has 1 unspecified atom stereocenters. The SMILES string of the molecule is CCCOC1CCCN(CCC=O)C1. The van der Waals surface area contributed by atoms with E-state index in [1.165, 1.54) is 12.8 Å². The predicted molar refractivity (Wildman–Crippen MR) is 56.4 cm³/mol. The van der Waals surface area contributed by atoms with E-state index >= 15 is 0 Å². The molecule has 0 aromatic rings. The molecule has 82 valence electrons. The van der Waals surface area contributed by atoms with E-state index in [4.69, 9.17) is 4.74 Å². The summed E-state index contributed by atoms with van der Waals surface area (Å²) < 4.78 is 5.71. The molecule has 0 aromatic heterocycles. The molecule has 0 amide bonds. The maximum atomic E-state index is 10.2. The second-order valence-electron chi connectivity index (χ2n) is 3.89. The Labute approximate surface area is 86.4 Å². The molecule has 14 heavy (non-hydrogen) atoms. The van der Waals surface area contributed by atoms with Crippen LogP contribution in [0, 0.1) is 0 Å². The fourth-order valence-corrected chi connectivity index (χ4v) is 1.87. The van der Waals surface area contributed by atoms with Crippen LogP contribution in [0.2, 0.25) is 0 Å². The number of hydrogen-bond donors (Lipinski definition) is 0. The third-order valence-corrected chi connectivity index (χ3v) is 2.58. The van der Waals surface area contributed by atoms with Crippen molar-refractivity contribution in [2.75, 3.05) is 26.2 Å². The van der Waals surface area contributed by atoms with Gasteiger partial charge in [-0.3, -0.25) is 0 Å². The molecule has 0 spiro atoms. The Kier molecular flexibility index (Phi) is 5.80. The summed E-state index contributed by atoms with van der Waals surface area (Å²) in [7, 11) is 0. The fraction of sp³-hybridized carbons (Fsp3) is 0.909. The highest BCUT2D eigenvalue weighted by molar-refractivity contribution is 5.49. The number of aldehydes is 1. The summed E-state index contributed by atoms with van der Waals surface area (Å²) in [6, 6.07) is 0. The molecule has 0 aromatic carbocycles. The number of ether oxygens (including phenoxy) is 1. The Morgan fingerprint density at radius 1 is 1.57 bits per heavy atom. The highest BCUT2D eigenvalue weighted by Gasteiger charge is 2.19. The van der Waals surface area contributed by atoms with Gasteiger partial charge in [0.15, 0.2) is 0 Å². The van der Waals surface area contributed by atoms with Crippen LogP contribution >= 0.6 is 0 Å². The average molecular weight is 199 g/mol. The third kappa shape index (κ3) is 4.20. The highest BCUT2D eigenvalue weighted by Crippen LogP contribution is 2.13. The van der Waals surface area contributed by atoms with Gasteiger partial charge in [-0.25, -0.2) is 0 Å². The first-order valence-electron chi connectivity index (χ1n) is 5.64. The summed E-state index contributed by atoms with van der Waals surface area (Å²) >= 11 is 0. The lowest BCUT2D eigenvalue weighted by molar-refractivity contribution is -0.108. The lowest BCUT2D eigenvalue weighted by Crippen LogP contribution is -2.40. The molecule has 1 aliphatic rings. The van der Waals surface area contributed by atoms with Crippen LogP contribution in [-0.4, -0.2) is 43.5 Å². The fourth-order valence-electron chi connectivity index (χ4n) is 1.87. The number of hydrogen-bond acceptors (Lipinski definition) is 3. The van der Waals surface area contributed by atoms with Gasteiger partial charge in [-0.2, -0.15) is 0 Å². The molecule has 3 heteroatoms. The monoisotopic (exact) mass is 199 g/mol. The first kappa shape index (κ1) is 11.7. The lowest BCUT2D eigenvalue weighted by atomic mass is 10.1. The number of carbonyl (C=O) groups excluding carboxylic acids is 1. The Morgan fingerprint density at radius 2 is 2.43 bits per heavy atom. The summed E-state index contributed by atoms with van der Waals surface area (Å²) in [4.78, 5) is 12.6. The van der Waals surface area contributed by atoms with E-state index in [0.29, 0.717) is 12.5 Å². The molecule has 1 saturated heterocycles. The number of carbonyl (C=O) groups is 1. The van der Waals surface area contributed by atoms with Crippen LogP contribution < -0.4 is 0 Å². The maximum absolute atomic E-state index is 10.2. The summed E-state index contributed by atoms with van der Waals surface area (Å²) in [5.41, 5.74) is 0. The Bertz CT molecular complexity index is 161. The molecule has 0 bridgehead atoms. The Morgan fingerprint density at radius 3 is 3.14 bits per heavy atom. The quantitative estimate of drug-likeness (QED) is 0.607. The average Bonchev–Trinajstić information content (AvgIpc) is 2.24. The molecule has 1 heterocycles. The van der Waals surface area contributed by atoms with E-state index in [2.05, 4.69) is 11.8 Å². The van der Waals surface area contributed by atoms with Gasteiger partial charge in [0.25, 0.3) is 0 Å². The Balaban J connectivity index is 2.17. The van der Waals surface area contributed by atoms with Gasteiger partial charge in [-0.05, 0) is 25.8 Å². The van der Waals surface area contributed by atoms with E-state index in [0.717, 1.165) is 38.9 Å². The molecule has 0 saturated carbocycles. The van der Waals surface area contributed by atoms with E-state index in [-0.39, 0.29) is 0 Å². The zero-order chi connectivity index (χ0) is 10.2. The van der Waals surface area contributed by atoms with Gasteiger partial charge in [-0.15, -0.1) is 0 Å². The molecule has 1 rings (SSSR count). The van der Waals surface area contributed by atoms with Crippen molar-refractivity contribution in [3.8, 4) is 0 Å². The van der Waals surface area contributed by atoms with Crippen LogP contribution in [0.1, 0.15) is 32.6 Å². The van der Waals surface area contributed by atoms with Crippen molar-refractivity contribution >= 4 is 6.29 Å². The summed E-state index contributed by atoms with van der Waals surface area (Å²) in [6.07, 6.45) is 5.52. The van der Waals surface area contributed by atoms with E-state index in [9.17, 15) is 4.79 Å². The van der Waals surface area contributed by atoms with Crippen molar-refractivity contribution in [2.24, 2.45) is 0 Å². The maximum Gasteiger partial charge on any atom is 0.121 e. The van der Waals surface area contributed by atoms with Gasteiger partial charge in [0.05, 0.1) is 6.10 Å². The zero-order valence-corrected chi connectivity index (χ0v) is 9.08. The van der Waals surface area contributed by atoms with Crippen LogP contribution in [-0.2, 0) is 9.53 Å². The van der Waals surface area contributed by atoms with E-state index in [1.54, 1.807) is 0 Å². The van der Waals surface area contributed by atoms with Crippen LogP contribution in [0.3, 0.4) is 0 Å². The van der Waals surface area contributed by atoms with Gasteiger partial charge < -0.3 is 14.4 Å². The van der Waals surface area contributed by atoms with Crippen LogP contribution in [0.25, 0.3) is 0 Å². The summed E-state index contributed by atoms with van der Waals surface area (Å²) in [5, 5.41) is 0. The van der Waals surface area contributed by atoms with Gasteiger partial charge in [0, 0.05) is 26.1 Å². The minimum absolute atomic E-state index is 0.398. The largest absolute Gasteiger partial charge is 0.377 e.